The Morgan fingerprint density at radius 3 is 1.50 bits per heavy atom. The molecule has 14 heteroatoms. The number of carboxylic acids is 5. The average Bonchev–Trinajstić information content (AvgIpc) is 2.34. The molecule has 0 aromatic carbocycles. The molecule has 0 aliphatic rings. The van der Waals surface area contributed by atoms with E-state index in [1.54, 1.807) is 0 Å². The summed E-state index contributed by atoms with van der Waals surface area (Å²) in [5, 5.41) is 57.1. The molecule has 0 radical (unpaired) electrons. The van der Waals surface area contributed by atoms with Crippen LogP contribution in [0.1, 0.15) is 25.7 Å². The average molecular weight is 430 g/mol. The molecule has 13 nitrogen and oxygen atoms in total. The van der Waals surface area contributed by atoms with Crippen LogP contribution in [0.25, 0.3) is 0 Å². The topological polar surface area (TPSA) is 239 Å². The van der Waals surface area contributed by atoms with Crippen molar-refractivity contribution in [2.45, 2.75) is 36.9 Å². The quantitative estimate of drug-likeness (QED) is 0.178. The molecule has 0 rings (SSSR count). The Bertz CT molecular complexity index is 596. The van der Waals surface area contributed by atoms with Gasteiger partial charge in [-0.05, 0) is 0 Å². The van der Waals surface area contributed by atoms with E-state index in [0.717, 1.165) is 0 Å². The number of rotatable bonds is 11. The predicted octanol–water partition coefficient (Wildman–Crippen LogP) is -4.69. The number of carbonyl (C=O) groups excluding carboxylic acids is 3. The summed E-state index contributed by atoms with van der Waals surface area (Å²) in [7, 11) is 0. The summed E-state index contributed by atoms with van der Waals surface area (Å²) in [5.41, 5.74) is -6.45. The Balaban J connectivity index is 0. The standard InChI is InChI=1S/C12H14O13.Zn/c13-5(14)1-11(24,9(20)21)4-8(19)25-12(10(22)23,2-6(15)16)3-7(17)18;/h24H,1-4H2,(H,13,14)(H,15,16)(H,17,18)(H,20,21)(H,22,23);/q;+2/p-2. The van der Waals surface area contributed by atoms with Crippen molar-refractivity contribution < 1.29 is 83.6 Å². The summed E-state index contributed by atoms with van der Waals surface area (Å²) in [6.45, 7) is 0. The van der Waals surface area contributed by atoms with E-state index in [1.807, 2.05) is 0 Å². The van der Waals surface area contributed by atoms with E-state index in [0.29, 0.717) is 0 Å². The Labute approximate surface area is 156 Å². The van der Waals surface area contributed by atoms with E-state index in [2.05, 4.69) is 4.74 Å². The van der Waals surface area contributed by atoms with Crippen LogP contribution in [-0.4, -0.2) is 67.4 Å². The molecule has 0 aromatic rings. The number of hydrogen-bond acceptors (Lipinski definition) is 10. The van der Waals surface area contributed by atoms with Crippen molar-refractivity contribution in [3.8, 4) is 0 Å². The number of aliphatic hydroxyl groups is 1. The van der Waals surface area contributed by atoms with Gasteiger partial charge in [-0.3, -0.25) is 14.4 Å². The molecule has 0 saturated carbocycles. The Morgan fingerprint density at radius 1 is 0.808 bits per heavy atom. The maximum atomic E-state index is 11.7. The van der Waals surface area contributed by atoms with Crippen molar-refractivity contribution in [1.82, 2.24) is 0 Å². The van der Waals surface area contributed by atoms with Gasteiger partial charge in [0.2, 0.25) is 5.60 Å². The van der Waals surface area contributed by atoms with Crippen LogP contribution in [-0.2, 0) is 53.0 Å². The monoisotopic (exact) mass is 428 g/mol. The van der Waals surface area contributed by atoms with E-state index >= 15 is 0 Å². The van der Waals surface area contributed by atoms with E-state index < -0.39 is 72.7 Å². The number of ether oxygens (including phenoxy) is 1. The molecule has 1 unspecified atom stereocenters. The van der Waals surface area contributed by atoms with Gasteiger partial charge in [0.05, 0.1) is 25.2 Å². The summed E-state index contributed by atoms with van der Waals surface area (Å²) < 4.78 is 4.28. The third-order valence-corrected chi connectivity index (χ3v) is 2.83. The molecule has 140 valence electrons. The van der Waals surface area contributed by atoms with Gasteiger partial charge >= 0.3 is 43.4 Å². The maximum Gasteiger partial charge on any atom is 2.00 e. The van der Waals surface area contributed by atoms with Gasteiger partial charge in [-0.1, -0.05) is 0 Å². The van der Waals surface area contributed by atoms with Crippen LogP contribution in [0.4, 0.5) is 0 Å². The summed E-state index contributed by atoms with van der Waals surface area (Å²) >= 11 is 0. The van der Waals surface area contributed by atoms with E-state index in [4.69, 9.17) is 15.3 Å². The van der Waals surface area contributed by atoms with Crippen LogP contribution in [0.3, 0.4) is 0 Å². The van der Waals surface area contributed by atoms with Crippen LogP contribution in [0.15, 0.2) is 0 Å². The zero-order valence-corrected chi connectivity index (χ0v) is 16.0. The molecule has 4 N–H and O–H groups in total. The molecule has 0 aromatic heterocycles. The van der Waals surface area contributed by atoms with Crippen molar-refractivity contribution in [2.24, 2.45) is 0 Å². The van der Waals surface area contributed by atoms with Crippen LogP contribution in [0, 0.1) is 0 Å². The Kier molecular flexibility index (Phi) is 9.64. The Hall–Kier alpha value is -2.60. The first kappa shape index (κ1) is 25.6. The van der Waals surface area contributed by atoms with Gasteiger partial charge in [0, 0.05) is 12.4 Å². The summed E-state index contributed by atoms with van der Waals surface area (Å²) in [6, 6.07) is 0. The van der Waals surface area contributed by atoms with Crippen molar-refractivity contribution in [3.05, 3.63) is 0 Å². The maximum absolute atomic E-state index is 11.7. The minimum absolute atomic E-state index is 0. The van der Waals surface area contributed by atoms with Crippen LogP contribution in [0.5, 0.6) is 0 Å². The van der Waals surface area contributed by atoms with Gasteiger partial charge in [-0.2, -0.15) is 0 Å². The second-order valence-corrected chi connectivity index (χ2v) is 4.96. The summed E-state index contributed by atoms with van der Waals surface area (Å²) in [6.07, 6.45) is -6.27. The molecule has 0 heterocycles. The molecule has 26 heavy (non-hydrogen) atoms. The number of aliphatic carboxylic acids is 5. The normalized spacial score (nSPS) is 12.8. The molecular weight excluding hydrogens is 418 g/mol. The predicted molar refractivity (Wildman–Crippen MR) is 65.2 cm³/mol. The van der Waals surface area contributed by atoms with Crippen LogP contribution in [0.2, 0.25) is 0 Å². The summed E-state index contributed by atoms with van der Waals surface area (Å²) in [4.78, 5) is 65.6. The van der Waals surface area contributed by atoms with Crippen molar-refractivity contribution in [3.63, 3.8) is 0 Å². The van der Waals surface area contributed by atoms with Crippen molar-refractivity contribution in [2.75, 3.05) is 0 Å². The van der Waals surface area contributed by atoms with Gasteiger partial charge in [-0.25, -0.2) is 4.79 Å². The van der Waals surface area contributed by atoms with Gasteiger partial charge in [0.25, 0.3) is 0 Å². The fourth-order valence-corrected chi connectivity index (χ4v) is 1.76. The molecule has 0 aliphatic heterocycles. The molecule has 0 fully saturated rings. The van der Waals surface area contributed by atoms with E-state index in [9.17, 15) is 44.1 Å². The van der Waals surface area contributed by atoms with Crippen LogP contribution >= 0.6 is 0 Å². The smallest absolute Gasteiger partial charge is 0.550 e. The molecular formula is C12H12O13Zn. The number of carboxylic acid groups (broad SMARTS) is 5. The number of hydrogen-bond donors (Lipinski definition) is 4. The number of carbonyl (C=O) groups is 6. The first-order valence-corrected chi connectivity index (χ1v) is 6.26. The minimum atomic E-state index is -3.34. The SMILES string of the molecule is O=C([O-])CC(O)(CC(=O)OC(CC(=O)O)(CC(=O)O)C(=O)O)C(=O)[O-].[Zn+2]. The summed E-state index contributed by atoms with van der Waals surface area (Å²) in [5.74, 6) is -12.3. The van der Waals surface area contributed by atoms with E-state index in [-0.39, 0.29) is 19.5 Å². The second-order valence-electron chi connectivity index (χ2n) is 4.96. The third-order valence-electron chi connectivity index (χ3n) is 2.83. The van der Waals surface area contributed by atoms with Gasteiger partial charge < -0.3 is 45.0 Å². The fraction of sp³-hybridized carbons (Fsp3) is 0.500. The zero-order valence-electron chi connectivity index (χ0n) is 13.0. The van der Waals surface area contributed by atoms with Gasteiger partial charge in [0.1, 0.15) is 5.60 Å². The van der Waals surface area contributed by atoms with Crippen LogP contribution < -0.4 is 10.2 Å². The molecule has 0 aliphatic carbocycles. The third kappa shape index (κ3) is 7.53. The van der Waals surface area contributed by atoms with Gasteiger partial charge in [-0.15, -0.1) is 0 Å². The minimum Gasteiger partial charge on any atom is -0.550 e. The van der Waals surface area contributed by atoms with Crippen molar-refractivity contribution >= 4 is 35.8 Å². The Morgan fingerprint density at radius 2 is 1.23 bits per heavy atom. The first-order chi connectivity index (χ1) is 11.2. The number of esters is 1. The van der Waals surface area contributed by atoms with Gasteiger partial charge in [0.15, 0.2) is 0 Å². The molecule has 0 amide bonds. The first-order valence-electron chi connectivity index (χ1n) is 6.26. The van der Waals surface area contributed by atoms with Crippen molar-refractivity contribution in [1.29, 1.82) is 0 Å². The fourth-order valence-electron chi connectivity index (χ4n) is 1.76. The zero-order chi connectivity index (χ0) is 20.0. The molecule has 1 atom stereocenters. The van der Waals surface area contributed by atoms with E-state index in [1.165, 1.54) is 0 Å². The molecule has 0 bridgehead atoms. The largest absolute Gasteiger partial charge is 2.00 e. The molecule has 0 spiro atoms. The molecule has 0 saturated heterocycles. The second kappa shape index (κ2) is 9.77.